The van der Waals surface area contributed by atoms with Crippen LogP contribution in [0.1, 0.15) is 11.6 Å². The van der Waals surface area contributed by atoms with E-state index in [1.54, 1.807) is 0 Å². The molecule has 10 nitrogen and oxygen atoms in total. The Morgan fingerprint density at radius 2 is 1.36 bits per heavy atom. The predicted molar refractivity (Wildman–Crippen MR) is 130 cm³/mol. The maximum atomic E-state index is 5.34. The molecule has 2 saturated heterocycles. The molecule has 0 radical (unpaired) electrons. The fourth-order valence-corrected chi connectivity index (χ4v) is 3.84. The van der Waals surface area contributed by atoms with E-state index in [4.69, 9.17) is 9.47 Å². The van der Waals surface area contributed by atoms with Gasteiger partial charge in [0.2, 0.25) is 0 Å². The van der Waals surface area contributed by atoms with Gasteiger partial charge in [-0.2, -0.15) is 0 Å². The molecular weight excluding hydrogens is 488 g/mol. The second-order valence-electron chi connectivity index (χ2n) is 7.64. The van der Waals surface area contributed by atoms with Gasteiger partial charge >= 0.3 is 0 Å². The number of nitrogens with one attached hydrogen (secondary N) is 1. The van der Waals surface area contributed by atoms with Crippen LogP contribution in [0.15, 0.2) is 41.1 Å². The number of nitrogens with zero attached hydrogens (tertiary/aromatic N) is 7. The summed E-state index contributed by atoms with van der Waals surface area (Å²) < 4.78 is 15.3. The Bertz CT molecular complexity index is 1160. The summed E-state index contributed by atoms with van der Waals surface area (Å²) in [6.07, 6.45) is 3.96. The lowest BCUT2D eigenvalue weighted by atomic mass is 10.3. The zero-order valence-corrected chi connectivity index (χ0v) is 20.5. The number of fused-ring (bicyclic) bond motifs is 2. The highest BCUT2D eigenvalue weighted by molar-refractivity contribution is 9.10. The molecule has 4 aromatic rings. The van der Waals surface area contributed by atoms with Crippen LogP contribution >= 0.6 is 15.9 Å². The first-order chi connectivity index (χ1) is 16.1. The van der Waals surface area contributed by atoms with Crippen molar-refractivity contribution in [1.29, 1.82) is 0 Å². The summed E-state index contributed by atoms with van der Waals surface area (Å²) in [7, 11) is 0. The van der Waals surface area contributed by atoms with Crippen LogP contribution in [0.5, 0.6) is 0 Å². The van der Waals surface area contributed by atoms with Gasteiger partial charge in [0, 0.05) is 54.8 Å². The summed E-state index contributed by atoms with van der Waals surface area (Å²) in [5.41, 5.74) is 2.97. The van der Waals surface area contributed by atoms with E-state index in [0.29, 0.717) is 0 Å². The van der Waals surface area contributed by atoms with Crippen LogP contribution in [0.4, 0.5) is 5.69 Å². The maximum Gasteiger partial charge on any atom is 0.162 e. The van der Waals surface area contributed by atoms with Crippen molar-refractivity contribution < 1.29 is 9.47 Å². The minimum Gasteiger partial charge on any atom is -0.379 e. The van der Waals surface area contributed by atoms with Crippen molar-refractivity contribution in [2.45, 2.75) is 13.8 Å². The molecule has 33 heavy (non-hydrogen) atoms. The van der Waals surface area contributed by atoms with E-state index >= 15 is 0 Å². The molecule has 0 saturated carbocycles. The lowest BCUT2D eigenvalue weighted by Gasteiger charge is -2.28. The molecule has 0 spiro atoms. The molecule has 0 amide bonds. The summed E-state index contributed by atoms with van der Waals surface area (Å²) in [5, 5.41) is 19.2. The van der Waals surface area contributed by atoms with E-state index in [2.05, 4.69) is 58.7 Å². The van der Waals surface area contributed by atoms with Gasteiger partial charge in [-0.1, -0.05) is 15.9 Å². The molecular formula is C22H29BrN8O2. The quantitative estimate of drug-likeness (QED) is 0.411. The van der Waals surface area contributed by atoms with Gasteiger partial charge in [0.05, 0.1) is 26.4 Å². The van der Waals surface area contributed by atoms with Crippen molar-refractivity contribution in [2.75, 3.05) is 57.5 Å². The van der Waals surface area contributed by atoms with E-state index < -0.39 is 0 Å². The number of hydrogen-bond acceptors (Lipinski definition) is 8. The van der Waals surface area contributed by atoms with Crippen molar-refractivity contribution in [2.24, 2.45) is 0 Å². The molecule has 11 heteroatoms. The van der Waals surface area contributed by atoms with E-state index in [9.17, 15) is 0 Å². The Labute approximate surface area is 201 Å². The highest BCUT2D eigenvalue weighted by atomic mass is 79.9. The second-order valence-corrected chi connectivity index (χ2v) is 8.56. The zero-order chi connectivity index (χ0) is 23.0. The fourth-order valence-electron chi connectivity index (χ4n) is 3.52. The van der Waals surface area contributed by atoms with Crippen molar-refractivity contribution in [3.63, 3.8) is 0 Å². The normalized spacial score (nSPS) is 16.2. The lowest BCUT2D eigenvalue weighted by Crippen LogP contribution is -2.36. The van der Waals surface area contributed by atoms with E-state index in [1.807, 2.05) is 47.2 Å². The van der Waals surface area contributed by atoms with E-state index in [0.717, 1.165) is 80.0 Å². The predicted octanol–water partition coefficient (Wildman–Crippen LogP) is 2.28. The number of aryl methyl sites for hydroxylation is 2. The Morgan fingerprint density at radius 3 is 1.94 bits per heavy atom. The first-order valence-corrected chi connectivity index (χ1v) is 11.8. The van der Waals surface area contributed by atoms with Crippen LogP contribution in [0.3, 0.4) is 0 Å². The van der Waals surface area contributed by atoms with Crippen LogP contribution in [-0.2, 0) is 9.47 Å². The SMILES string of the molecule is C1COCCN1.Cc1nnc2cc(Br)ccn12.Cc1nnc2cc(N3CCOCC3)ccn12. The number of aromatic nitrogens is 6. The van der Waals surface area contributed by atoms with Crippen molar-refractivity contribution in [1.82, 2.24) is 34.5 Å². The molecule has 6 rings (SSSR count). The van der Waals surface area contributed by atoms with Crippen molar-refractivity contribution in [3.05, 3.63) is 52.8 Å². The summed E-state index contributed by atoms with van der Waals surface area (Å²) >= 11 is 3.36. The highest BCUT2D eigenvalue weighted by Gasteiger charge is 2.12. The number of halogens is 1. The Kier molecular flexibility index (Phi) is 8.21. The standard InChI is InChI=1S/C11H14N4O.C7H6BrN3.C4H9NO/c1-9-12-13-11-8-10(2-3-15(9)11)14-4-6-16-7-5-14;1-5-9-10-7-4-6(8)2-3-11(5)7;1-3-6-4-2-5-1/h2-3,8H,4-7H2,1H3;2-4H,1H3;5H,1-4H2. The maximum absolute atomic E-state index is 5.34. The molecule has 6 heterocycles. The van der Waals surface area contributed by atoms with E-state index in [-0.39, 0.29) is 0 Å². The average Bonchev–Trinajstić information content (AvgIpc) is 3.43. The van der Waals surface area contributed by atoms with Gasteiger partial charge in [0.1, 0.15) is 11.6 Å². The molecule has 0 aromatic carbocycles. The van der Waals surface area contributed by atoms with Gasteiger partial charge in [-0.25, -0.2) is 0 Å². The fraction of sp³-hybridized carbons (Fsp3) is 0.455. The number of morpholine rings is 2. The van der Waals surface area contributed by atoms with Crippen LogP contribution in [-0.4, -0.2) is 81.8 Å². The van der Waals surface area contributed by atoms with Crippen molar-refractivity contribution in [3.8, 4) is 0 Å². The molecule has 4 aromatic heterocycles. The molecule has 176 valence electrons. The van der Waals surface area contributed by atoms with E-state index in [1.165, 1.54) is 5.69 Å². The van der Waals surface area contributed by atoms with Crippen LogP contribution in [0.25, 0.3) is 11.3 Å². The number of pyridine rings is 2. The van der Waals surface area contributed by atoms with Crippen molar-refractivity contribution >= 4 is 32.9 Å². The van der Waals surface area contributed by atoms with Gasteiger partial charge in [-0.15, -0.1) is 20.4 Å². The molecule has 0 unspecified atom stereocenters. The molecule has 2 aliphatic heterocycles. The zero-order valence-electron chi connectivity index (χ0n) is 18.9. The van der Waals surface area contributed by atoms with Gasteiger partial charge in [0.15, 0.2) is 11.3 Å². The monoisotopic (exact) mass is 516 g/mol. The highest BCUT2D eigenvalue weighted by Crippen LogP contribution is 2.17. The number of rotatable bonds is 1. The minimum absolute atomic E-state index is 0.802. The largest absolute Gasteiger partial charge is 0.379 e. The number of anilines is 1. The molecule has 1 N–H and O–H groups in total. The lowest BCUT2D eigenvalue weighted by molar-refractivity contribution is 0.109. The first kappa shape index (κ1) is 23.6. The molecule has 2 aliphatic rings. The Balaban J connectivity index is 0.000000132. The number of ether oxygens (including phenoxy) is 2. The summed E-state index contributed by atoms with van der Waals surface area (Å²) in [5.74, 6) is 1.83. The molecule has 0 atom stereocenters. The first-order valence-electron chi connectivity index (χ1n) is 11.0. The summed E-state index contributed by atoms with van der Waals surface area (Å²) in [6.45, 7) is 11.2. The third-order valence-corrected chi connectivity index (χ3v) is 5.82. The minimum atomic E-state index is 0.802. The van der Waals surface area contributed by atoms with Gasteiger partial charge in [-0.3, -0.25) is 8.80 Å². The van der Waals surface area contributed by atoms with Crippen LogP contribution in [0.2, 0.25) is 0 Å². The summed E-state index contributed by atoms with van der Waals surface area (Å²) in [4.78, 5) is 2.31. The summed E-state index contributed by atoms with van der Waals surface area (Å²) in [6, 6.07) is 8.07. The second kappa shape index (κ2) is 11.5. The van der Waals surface area contributed by atoms with Gasteiger partial charge in [0.25, 0.3) is 0 Å². The third kappa shape index (κ3) is 6.26. The molecule has 2 fully saturated rings. The smallest absolute Gasteiger partial charge is 0.162 e. The van der Waals surface area contributed by atoms with Crippen LogP contribution < -0.4 is 10.2 Å². The Morgan fingerprint density at radius 1 is 0.788 bits per heavy atom. The Hall–Kier alpha value is -2.60. The topological polar surface area (TPSA) is 94.1 Å². The van der Waals surface area contributed by atoms with Gasteiger partial charge < -0.3 is 19.7 Å². The number of hydrogen-bond donors (Lipinski definition) is 1. The average molecular weight is 517 g/mol. The van der Waals surface area contributed by atoms with Crippen LogP contribution in [0, 0.1) is 13.8 Å². The van der Waals surface area contributed by atoms with Gasteiger partial charge in [-0.05, 0) is 32.0 Å². The molecule has 0 bridgehead atoms. The molecule has 0 aliphatic carbocycles. The third-order valence-electron chi connectivity index (χ3n) is 5.33.